The third-order valence-corrected chi connectivity index (χ3v) is 5.52. The second-order valence-corrected chi connectivity index (χ2v) is 8.05. The topological polar surface area (TPSA) is 64.1 Å². The molecule has 0 radical (unpaired) electrons. The lowest BCUT2D eigenvalue weighted by molar-refractivity contribution is 0.130. The van der Waals surface area contributed by atoms with Crippen LogP contribution in [0.3, 0.4) is 0 Å². The Bertz CT molecular complexity index is 1070. The minimum atomic E-state index is -0.481. The zero-order chi connectivity index (χ0) is 18.8. The minimum Gasteiger partial charge on any atom is -0.447 e. The summed E-state index contributed by atoms with van der Waals surface area (Å²) >= 11 is 3.27. The van der Waals surface area contributed by atoms with Crippen molar-refractivity contribution in [1.82, 2.24) is 9.97 Å². The van der Waals surface area contributed by atoms with E-state index in [0.717, 1.165) is 32.2 Å². The Morgan fingerprint density at radius 1 is 0.963 bits per heavy atom. The molecule has 0 saturated carbocycles. The third kappa shape index (κ3) is 3.84. The van der Waals surface area contributed by atoms with Crippen LogP contribution in [0.25, 0.3) is 32.2 Å². The van der Waals surface area contributed by atoms with Gasteiger partial charge in [0.05, 0.1) is 26.9 Å². The Morgan fingerprint density at radius 3 is 2.15 bits per heavy atom. The number of nitrogens with zero attached hydrogens (tertiary/aromatic N) is 2. The van der Waals surface area contributed by atoms with Gasteiger partial charge < -0.3 is 4.74 Å². The number of rotatable bonds is 4. The van der Waals surface area contributed by atoms with Crippen LogP contribution in [0.4, 0.5) is 10.5 Å². The van der Waals surface area contributed by atoms with E-state index in [-0.39, 0.29) is 6.10 Å². The molecule has 0 aliphatic carbocycles. The molecule has 0 fully saturated rings. The Labute approximate surface area is 164 Å². The number of anilines is 1. The van der Waals surface area contributed by atoms with Gasteiger partial charge in [-0.3, -0.25) is 5.32 Å². The van der Waals surface area contributed by atoms with Crippen molar-refractivity contribution < 1.29 is 9.53 Å². The molecule has 0 spiro atoms. The molecule has 0 aliphatic rings. The molecule has 0 unspecified atom stereocenters. The molecule has 1 aromatic carbocycles. The summed E-state index contributed by atoms with van der Waals surface area (Å²) in [5.74, 6) is 0. The summed E-state index contributed by atoms with van der Waals surface area (Å²) in [6.45, 7) is 3.62. The van der Waals surface area contributed by atoms with Crippen LogP contribution in [-0.4, -0.2) is 22.2 Å². The second kappa shape index (κ2) is 7.46. The van der Waals surface area contributed by atoms with E-state index in [0.29, 0.717) is 5.69 Å². The number of aromatic nitrogens is 2. The molecule has 0 saturated heterocycles. The van der Waals surface area contributed by atoms with Gasteiger partial charge in [0, 0.05) is 5.69 Å². The maximum absolute atomic E-state index is 11.9. The fraction of sp³-hybridized carbons (Fsp3) is 0.150. The van der Waals surface area contributed by atoms with Gasteiger partial charge in [0.2, 0.25) is 0 Å². The van der Waals surface area contributed by atoms with Gasteiger partial charge in [-0.05, 0) is 54.9 Å². The number of benzene rings is 1. The number of fused-ring (bicyclic) bond motifs is 1. The number of thiophene rings is 2. The lowest BCUT2D eigenvalue weighted by Gasteiger charge is -2.11. The van der Waals surface area contributed by atoms with E-state index >= 15 is 0 Å². The maximum Gasteiger partial charge on any atom is 0.411 e. The Hall–Kier alpha value is -2.77. The highest BCUT2D eigenvalue weighted by atomic mass is 32.1. The number of carbonyl (C=O) groups excluding carboxylic acids is 1. The van der Waals surface area contributed by atoms with Crippen LogP contribution < -0.4 is 5.32 Å². The van der Waals surface area contributed by atoms with Crippen LogP contribution in [0.15, 0.2) is 53.2 Å². The van der Waals surface area contributed by atoms with Crippen LogP contribution in [0.2, 0.25) is 0 Å². The number of ether oxygens (including phenoxy) is 1. The quantitative estimate of drug-likeness (QED) is 0.457. The minimum absolute atomic E-state index is 0.177. The molecule has 0 bridgehead atoms. The standard InChI is InChI=1S/C20H17N3O2S2/c1-12(2)25-20(24)21-13-7-8-14-15(11-13)23-19(17-6-4-10-27-17)18(22-14)16-5-3-9-26-16/h3-12H,1-2H3,(H,21,24). The Morgan fingerprint density at radius 2 is 1.59 bits per heavy atom. The average Bonchev–Trinajstić information content (AvgIpc) is 3.33. The van der Waals surface area contributed by atoms with Gasteiger partial charge in [-0.15, -0.1) is 22.7 Å². The molecular weight excluding hydrogens is 378 g/mol. The van der Waals surface area contributed by atoms with Gasteiger partial charge >= 0.3 is 6.09 Å². The van der Waals surface area contributed by atoms with Crippen molar-refractivity contribution >= 4 is 45.5 Å². The zero-order valence-electron chi connectivity index (χ0n) is 14.8. The molecule has 1 N–H and O–H groups in total. The maximum atomic E-state index is 11.9. The first-order valence-electron chi connectivity index (χ1n) is 8.47. The number of nitrogens with one attached hydrogen (secondary N) is 1. The first kappa shape index (κ1) is 17.6. The van der Waals surface area contributed by atoms with E-state index in [4.69, 9.17) is 14.7 Å². The van der Waals surface area contributed by atoms with Gasteiger partial charge in [0.1, 0.15) is 11.4 Å². The molecule has 4 rings (SSSR count). The monoisotopic (exact) mass is 395 g/mol. The van der Waals surface area contributed by atoms with Crippen molar-refractivity contribution in [3.63, 3.8) is 0 Å². The molecule has 27 heavy (non-hydrogen) atoms. The van der Waals surface area contributed by atoms with E-state index in [1.165, 1.54) is 0 Å². The molecule has 3 aromatic heterocycles. The lowest BCUT2D eigenvalue weighted by Crippen LogP contribution is -2.17. The SMILES string of the molecule is CC(C)OC(=O)Nc1ccc2nc(-c3cccs3)c(-c3cccs3)nc2c1. The summed E-state index contributed by atoms with van der Waals surface area (Å²) in [5.41, 5.74) is 3.85. The van der Waals surface area contributed by atoms with Crippen molar-refractivity contribution in [2.75, 3.05) is 5.32 Å². The molecule has 7 heteroatoms. The largest absolute Gasteiger partial charge is 0.447 e. The van der Waals surface area contributed by atoms with E-state index < -0.39 is 6.09 Å². The molecule has 5 nitrogen and oxygen atoms in total. The fourth-order valence-corrected chi connectivity index (χ4v) is 4.09. The van der Waals surface area contributed by atoms with Crippen LogP contribution >= 0.6 is 22.7 Å². The van der Waals surface area contributed by atoms with Crippen molar-refractivity contribution in [2.45, 2.75) is 20.0 Å². The van der Waals surface area contributed by atoms with Crippen LogP contribution in [0.5, 0.6) is 0 Å². The van der Waals surface area contributed by atoms with Gasteiger partial charge in [0.25, 0.3) is 0 Å². The van der Waals surface area contributed by atoms with Crippen molar-refractivity contribution in [3.05, 3.63) is 53.2 Å². The molecule has 0 aliphatic heterocycles. The number of amides is 1. The highest BCUT2D eigenvalue weighted by Gasteiger charge is 2.15. The summed E-state index contributed by atoms with van der Waals surface area (Å²) in [6.07, 6.45) is -0.657. The molecule has 3 heterocycles. The van der Waals surface area contributed by atoms with E-state index in [1.807, 2.05) is 61.0 Å². The normalized spacial score (nSPS) is 11.1. The highest BCUT2D eigenvalue weighted by molar-refractivity contribution is 7.14. The van der Waals surface area contributed by atoms with Gasteiger partial charge in [-0.1, -0.05) is 12.1 Å². The second-order valence-electron chi connectivity index (χ2n) is 6.16. The summed E-state index contributed by atoms with van der Waals surface area (Å²) in [5, 5.41) is 6.80. The summed E-state index contributed by atoms with van der Waals surface area (Å²) < 4.78 is 5.13. The number of carbonyl (C=O) groups is 1. The summed E-state index contributed by atoms with van der Waals surface area (Å²) in [6, 6.07) is 13.6. The molecule has 136 valence electrons. The van der Waals surface area contributed by atoms with E-state index in [1.54, 1.807) is 22.7 Å². The number of hydrogen-bond acceptors (Lipinski definition) is 6. The smallest absolute Gasteiger partial charge is 0.411 e. The first-order valence-corrected chi connectivity index (χ1v) is 10.2. The van der Waals surface area contributed by atoms with Gasteiger partial charge in [-0.2, -0.15) is 0 Å². The third-order valence-electron chi connectivity index (χ3n) is 3.76. The van der Waals surface area contributed by atoms with Crippen molar-refractivity contribution in [1.29, 1.82) is 0 Å². The van der Waals surface area contributed by atoms with Gasteiger partial charge in [-0.25, -0.2) is 14.8 Å². The summed E-state index contributed by atoms with van der Waals surface area (Å²) in [7, 11) is 0. The highest BCUT2D eigenvalue weighted by Crippen LogP contribution is 2.35. The van der Waals surface area contributed by atoms with Crippen molar-refractivity contribution in [3.8, 4) is 21.1 Å². The van der Waals surface area contributed by atoms with Crippen LogP contribution in [0.1, 0.15) is 13.8 Å². The molecule has 1 amide bonds. The predicted molar refractivity (Wildman–Crippen MR) is 111 cm³/mol. The Kier molecular flexibility index (Phi) is 4.87. The molecule has 4 aromatic rings. The summed E-state index contributed by atoms with van der Waals surface area (Å²) in [4.78, 5) is 23.7. The lowest BCUT2D eigenvalue weighted by atomic mass is 10.2. The molecular formula is C20H17N3O2S2. The van der Waals surface area contributed by atoms with E-state index in [9.17, 15) is 4.79 Å². The fourth-order valence-electron chi connectivity index (χ4n) is 2.66. The van der Waals surface area contributed by atoms with Crippen LogP contribution in [-0.2, 0) is 4.74 Å². The van der Waals surface area contributed by atoms with Crippen LogP contribution in [0, 0.1) is 0 Å². The van der Waals surface area contributed by atoms with Gasteiger partial charge in [0.15, 0.2) is 0 Å². The molecule has 0 atom stereocenters. The van der Waals surface area contributed by atoms with Crippen molar-refractivity contribution in [2.24, 2.45) is 0 Å². The van der Waals surface area contributed by atoms with E-state index in [2.05, 4.69) is 11.4 Å². The first-order chi connectivity index (χ1) is 13.1. The average molecular weight is 396 g/mol. The predicted octanol–water partition coefficient (Wildman–Crippen LogP) is 6.04. The number of hydrogen-bond donors (Lipinski definition) is 1. The Balaban J connectivity index is 1.78. The zero-order valence-corrected chi connectivity index (χ0v) is 16.4.